The summed E-state index contributed by atoms with van der Waals surface area (Å²) in [5, 5.41) is 27.6. The Kier molecular flexibility index (Phi) is 2.60. The molecule has 0 fully saturated rings. The molecule has 0 heterocycles. The maximum absolute atomic E-state index is 9.32. The molecule has 0 saturated carbocycles. The Morgan fingerprint density at radius 3 is 2.00 bits per heavy atom. The molecule has 13 heavy (non-hydrogen) atoms. The summed E-state index contributed by atoms with van der Waals surface area (Å²) >= 11 is 0. The minimum atomic E-state index is -0.638. The summed E-state index contributed by atoms with van der Waals surface area (Å²) in [6, 6.07) is 1.57. The van der Waals surface area contributed by atoms with E-state index >= 15 is 0 Å². The maximum Gasteiger partial charge on any atom is 0.127 e. The van der Waals surface area contributed by atoms with E-state index in [1.54, 1.807) is 0 Å². The lowest BCUT2D eigenvalue weighted by Gasteiger charge is -2.13. The van der Waals surface area contributed by atoms with Crippen molar-refractivity contribution in [3.63, 3.8) is 0 Å². The average molecular weight is 184 g/mol. The van der Waals surface area contributed by atoms with Gasteiger partial charge in [0.15, 0.2) is 0 Å². The van der Waals surface area contributed by atoms with E-state index in [9.17, 15) is 10.2 Å². The standard InChI is InChI=1S/C8H12N2O3/c9-3-5(10)8-6(12)1-4(11)2-7(8)13/h1-2,5,11-13H,3,9-10H2/t5-/m1/s1. The van der Waals surface area contributed by atoms with Crippen molar-refractivity contribution < 1.29 is 15.3 Å². The zero-order valence-corrected chi connectivity index (χ0v) is 6.94. The van der Waals surface area contributed by atoms with Crippen LogP contribution in [0.2, 0.25) is 0 Å². The van der Waals surface area contributed by atoms with Gasteiger partial charge in [0.1, 0.15) is 17.2 Å². The third-order valence-electron chi connectivity index (χ3n) is 1.75. The Bertz CT molecular complexity index is 291. The minimum Gasteiger partial charge on any atom is -0.508 e. The lowest BCUT2D eigenvalue weighted by Crippen LogP contribution is -2.20. The van der Waals surface area contributed by atoms with Gasteiger partial charge in [-0.2, -0.15) is 0 Å². The molecule has 0 bridgehead atoms. The van der Waals surface area contributed by atoms with Gasteiger partial charge in [-0.15, -0.1) is 0 Å². The number of hydrogen-bond acceptors (Lipinski definition) is 5. The third kappa shape index (κ3) is 1.82. The van der Waals surface area contributed by atoms with Gasteiger partial charge in [0.05, 0.1) is 5.56 Å². The maximum atomic E-state index is 9.32. The summed E-state index contributed by atoms with van der Waals surface area (Å²) < 4.78 is 0. The predicted octanol–water partition coefficient (Wildman–Crippen LogP) is -0.238. The molecule has 5 nitrogen and oxygen atoms in total. The van der Waals surface area contributed by atoms with E-state index in [2.05, 4.69) is 0 Å². The fourth-order valence-electron chi connectivity index (χ4n) is 1.11. The molecule has 5 heteroatoms. The largest absolute Gasteiger partial charge is 0.508 e. The Labute approximate surface area is 75.2 Å². The number of aromatic hydroxyl groups is 3. The van der Waals surface area contributed by atoms with Gasteiger partial charge in [0, 0.05) is 24.7 Å². The third-order valence-corrected chi connectivity index (χ3v) is 1.75. The van der Waals surface area contributed by atoms with Crippen molar-refractivity contribution >= 4 is 0 Å². The Hall–Kier alpha value is -1.46. The number of phenols is 3. The summed E-state index contributed by atoms with van der Waals surface area (Å²) in [6.45, 7) is 0.103. The predicted molar refractivity (Wildman–Crippen MR) is 47.4 cm³/mol. The highest BCUT2D eigenvalue weighted by molar-refractivity contribution is 5.50. The van der Waals surface area contributed by atoms with Crippen LogP contribution in [0.5, 0.6) is 17.2 Å². The van der Waals surface area contributed by atoms with Crippen LogP contribution in [-0.2, 0) is 0 Å². The van der Waals surface area contributed by atoms with E-state index in [4.69, 9.17) is 16.6 Å². The second-order valence-corrected chi connectivity index (χ2v) is 2.74. The molecule has 1 aromatic carbocycles. The smallest absolute Gasteiger partial charge is 0.127 e. The van der Waals surface area contributed by atoms with E-state index in [1.165, 1.54) is 0 Å². The molecule has 0 radical (unpaired) electrons. The van der Waals surface area contributed by atoms with Crippen molar-refractivity contribution in [2.24, 2.45) is 11.5 Å². The summed E-state index contributed by atoms with van der Waals surface area (Å²) in [4.78, 5) is 0. The molecule has 0 aliphatic carbocycles. The molecule has 0 saturated heterocycles. The monoisotopic (exact) mass is 184 g/mol. The first-order valence-corrected chi connectivity index (χ1v) is 3.76. The van der Waals surface area contributed by atoms with E-state index in [-0.39, 0.29) is 29.4 Å². The van der Waals surface area contributed by atoms with Gasteiger partial charge in [0.25, 0.3) is 0 Å². The summed E-state index contributed by atoms with van der Waals surface area (Å²) in [5.41, 5.74) is 10.9. The van der Waals surface area contributed by atoms with Crippen molar-refractivity contribution in [3.05, 3.63) is 17.7 Å². The molecule has 1 rings (SSSR count). The lowest BCUT2D eigenvalue weighted by atomic mass is 10.1. The molecular formula is C8H12N2O3. The van der Waals surface area contributed by atoms with Crippen LogP contribution in [0, 0.1) is 0 Å². The molecule has 1 aromatic rings. The molecular weight excluding hydrogens is 172 g/mol. The van der Waals surface area contributed by atoms with Crippen LogP contribution in [0.15, 0.2) is 12.1 Å². The fourth-order valence-corrected chi connectivity index (χ4v) is 1.11. The summed E-state index contributed by atoms with van der Waals surface area (Å²) in [7, 11) is 0. The van der Waals surface area contributed by atoms with Crippen LogP contribution in [0.1, 0.15) is 11.6 Å². The highest BCUT2D eigenvalue weighted by Gasteiger charge is 2.15. The molecule has 0 spiro atoms. The topological polar surface area (TPSA) is 113 Å². The van der Waals surface area contributed by atoms with Crippen molar-refractivity contribution in [1.29, 1.82) is 0 Å². The SMILES string of the molecule is NC[C@@H](N)c1c(O)cc(O)cc1O. The van der Waals surface area contributed by atoms with Crippen LogP contribution >= 0.6 is 0 Å². The first-order chi connectivity index (χ1) is 6.06. The van der Waals surface area contributed by atoms with E-state index in [0.717, 1.165) is 12.1 Å². The molecule has 0 amide bonds. The van der Waals surface area contributed by atoms with E-state index in [1.807, 2.05) is 0 Å². The van der Waals surface area contributed by atoms with Crippen LogP contribution < -0.4 is 11.5 Å². The Morgan fingerprint density at radius 1 is 1.15 bits per heavy atom. The first-order valence-electron chi connectivity index (χ1n) is 3.76. The van der Waals surface area contributed by atoms with Gasteiger partial charge in [-0.3, -0.25) is 0 Å². The number of benzene rings is 1. The number of hydrogen-bond donors (Lipinski definition) is 5. The number of rotatable bonds is 2. The Morgan fingerprint density at radius 2 is 1.62 bits per heavy atom. The number of phenolic OH excluding ortho intramolecular Hbond substituents is 3. The lowest BCUT2D eigenvalue weighted by molar-refractivity contribution is 0.412. The first kappa shape index (κ1) is 9.63. The molecule has 7 N–H and O–H groups in total. The van der Waals surface area contributed by atoms with Gasteiger partial charge in [-0.1, -0.05) is 0 Å². The second kappa shape index (κ2) is 3.51. The molecule has 0 aromatic heterocycles. The fraction of sp³-hybridized carbons (Fsp3) is 0.250. The highest BCUT2D eigenvalue weighted by atomic mass is 16.3. The summed E-state index contributed by atoms with van der Waals surface area (Å²) in [6.07, 6.45) is 0. The highest BCUT2D eigenvalue weighted by Crippen LogP contribution is 2.34. The molecule has 0 unspecified atom stereocenters. The van der Waals surface area contributed by atoms with Crippen LogP contribution in [-0.4, -0.2) is 21.9 Å². The molecule has 0 aliphatic heterocycles. The Balaban J connectivity index is 3.20. The van der Waals surface area contributed by atoms with Crippen molar-refractivity contribution in [2.75, 3.05) is 6.54 Å². The zero-order chi connectivity index (χ0) is 10.0. The van der Waals surface area contributed by atoms with Crippen LogP contribution in [0.4, 0.5) is 0 Å². The van der Waals surface area contributed by atoms with E-state index < -0.39 is 6.04 Å². The van der Waals surface area contributed by atoms with Crippen LogP contribution in [0.3, 0.4) is 0 Å². The second-order valence-electron chi connectivity index (χ2n) is 2.74. The van der Waals surface area contributed by atoms with Crippen molar-refractivity contribution in [3.8, 4) is 17.2 Å². The number of nitrogens with two attached hydrogens (primary N) is 2. The minimum absolute atomic E-state index is 0.103. The van der Waals surface area contributed by atoms with E-state index in [0.29, 0.717) is 0 Å². The average Bonchev–Trinajstić information content (AvgIpc) is 2.02. The van der Waals surface area contributed by atoms with Crippen molar-refractivity contribution in [1.82, 2.24) is 0 Å². The normalized spacial score (nSPS) is 12.8. The zero-order valence-electron chi connectivity index (χ0n) is 6.94. The summed E-state index contributed by atoms with van der Waals surface area (Å²) in [5.74, 6) is -0.728. The van der Waals surface area contributed by atoms with Gasteiger partial charge in [-0.25, -0.2) is 0 Å². The molecule has 1 atom stereocenters. The molecule has 72 valence electrons. The quantitative estimate of drug-likeness (QED) is 0.435. The van der Waals surface area contributed by atoms with Gasteiger partial charge in [-0.05, 0) is 0 Å². The van der Waals surface area contributed by atoms with Gasteiger partial charge < -0.3 is 26.8 Å². The van der Waals surface area contributed by atoms with Crippen LogP contribution in [0.25, 0.3) is 0 Å². The van der Waals surface area contributed by atoms with Gasteiger partial charge in [0.2, 0.25) is 0 Å². The molecule has 0 aliphatic rings. The van der Waals surface area contributed by atoms with Crippen molar-refractivity contribution in [2.45, 2.75) is 6.04 Å². The van der Waals surface area contributed by atoms with Gasteiger partial charge >= 0.3 is 0 Å².